The number of thioether (sulfide) groups is 1. The summed E-state index contributed by atoms with van der Waals surface area (Å²) in [5.74, 6) is 3.65. The Morgan fingerprint density at radius 2 is 1.44 bits per heavy atom. The van der Waals surface area contributed by atoms with Gasteiger partial charge in [-0.15, -0.1) is 11.8 Å². The van der Waals surface area contributed by atoms with Crippen molar-refractivity contribution in [2.75, 3.05) is 5.75 Å². The minimum atomic E-state index is 1.01. The maximum atomic E-state index is 2.40. The van der Waals surface area contributed by atoms with Crippen molar-refractivity contribution in [1.82, 2.24) is 4.57 Å². The molecule has 0 unspecified atom stereocenters. The number of unbranched alkanes of at least 4 members (excludes halogenated alkanes) is 9. The predicted molar refractivity (Wildman–Crippen MR) is 120 cm³/mol. The van der Waals surface area contributed by atoms with Gasteiger partial charge in [-0.25, -0.2) is 9.13 Å². The average Bonchev–Trinajstić information content (AvgIpc) is 3.12. The molecule has 2 nitrogen and oxygen atoms in total. The highest BCUT2D eigenvalue weighted by Gasteiger charge is 2.17. The molecule has 0 fully saturated rings. The van der Waals surface area contributed by atoms with E-state index in [1.54, 1.807) is 0 Å². The first-order chi connectivity index (χ1) is 13.4. The molecule has 0 saturated heterocycles. The van der Waals surface area contributed by atoms with Gasteiger partial charge in [0.2, 0.25) is 0 Å². The van der Waals surface area contributed by atoms with Gasteiger partial charge in [-0.3, -0.25) is 0 Å². The lowest BCUT2D eigenvalue weighted by Gasteiger charge is -2.05. The zero-order valence-electron chi connectivity index (χ0n) is 17.5. The lowest BCUT2D eigenvalue weighted by atomic mass is 10.1. The zero-order valence-corrected chi connectivity index (χ0v) is 18.4. The molecule has 0 spiro atoms. The first-order valence-corrected chi connectivity index (χ1v) is 12.2. The highest BCUT2D eigenvalue weighted by molar-refractivity contribution is 7.98. The van der Waals surface area contributed by atoms with Crippen molar-refractivity contribution in [1.29, 1.82) is 0 Å². The van der Waals surface area contributed by atoms with Crippen LogP contribution in [-0.2, 0) is 12.4 Å². The zero-order chi connectivity index (χ0) is 19.2. The van der Waals surface area contributed by atoms with Crippen LogP contribution in [0.15, 0.2) is 42.7 Å². The highest BCUT2D eigenvalue weighted by atomic mass is 32.2. The Balaban J connectivity index is 1.61. The summed E-state index contributed by atoms with van der Waals surface area (Å²) >= 11 is 2.07. The van der Waals surface area contributed by atoms with Crippen LogP contribution >= 0.6 is 11.8 Å². The van der Waals surface area contributed by atoms with Crippen molar-refractivity contribution < 1.29 is 4.57 Å². The monoisotopic (exact) mass is 387 g/mol. The van der Waals surface area contributed by atoms with Gasteiger partial charge >= 0.3 is 0 Å². The molecule has 0 N–H and O–H groups in total. The Kier molecular flexibility index (Phi) is 11.3. The number of rotatable bonds is 15. The molecule has 27 heavy (non-hydrogen) atoms. The molecule has 2 aromatic rings. The van der Waals surface area contributed by atoms with Gasteiger partial charge in [0, 0.05) is 0 Å². The van der Waals surface area contributed by atoms with Gasteiger partial charge in [0.1, 0.15) is 18.3 Å². The van der Waals surface area contributed by atoms with Crippen LogP contribution in [0.1, 0.15) is 78.1 Å². The summed E-state index contributed by atoms with van der Waals surface area (Å²) in [6, 6.07) is 10.8. The third-order valence-electron chi connectivity index (χ3n) is 5.22. The number of aryl methyl sites for hydroxylation is 1. The molecule has 0 radical (unpaired) electrons. The number of imidazole rings is 1. The predicted octanol–water partition coefficient (Wildman–Crippen LogP) is 7.07. The number of nitrogens with zero attached hydrogens (tertiary/aromatic N) is 2. The minimum absolute atomic E-state index is 1.01. The fraction of sp³-hybridized carbons (Fsp3) is 0.625. The van der Waals surface area contributed by atoms with Crippen molar-refractivity contribution in [2.45, 2.75) is 90.5 Å². The second-order valence-electron chi connectivity index (χ2n) is 7.46. The van der Waals surface area contributed by atoms with Gasteiger partial charge in [0.25, 0.3) is 5.82 Å². The molecular weight excluding hydrogens is 348 g/mol. The summed E-state index contributed by atoms with van der Waals surface area (Å²) in [5.41, 5.74) is 1.31. The molecule has 0 aliphatic carbocycles. The van der Waals surface area contributed by atoms with Gasteiger partial charge < -0.3 is 0 Å². The van der Waals surface area contributed by atoms with Crippen LogP contribution in [0.3, 0.4) is 0 Å². The number of aromatic nitrogens is 2. The molecule has 0 atom stereocenters. The second kappa shape index (κ2) is 13.9. The Hall–Kier alpha value is -1.22. The third kappa shape index (κ3) is 8.13. The molecule has 1 heterocycles. The van der Waals surface area contributed by atoms with Crippen molar-refractivity contribution in [3.05, 3.63) is 42.7 Å². The SMILES string of the molecule is CCCCCCCCCCCCSC[n+]1ccn(CC)c1-c1ccccc1. The van der Waals surface area contributed by atoms with Gasteiger partial charge in [-0.2, -0.15) is 0 Å². The lowest BCUT2D eigenvalue weighted by Crippen LogP contribution is -2.33. The molecule has 0 amide bonds. The van der Waals surface area contributed by atoms with Crippen molar-refractivity contribution in [3.8, 4) is 11.4 Å². The first-order valence-electron chi connectivity index (χ1n) is 11.1. The maximum absolute atomic E-state index is 2.40. The van der Waals surface area contributed by atoms with Crippen molar-refractivity contribution >= 4 is 11.8 Å². The standard InChI is InChI=1S/C24H39N2S/c1-3-5-6-7-8-9-10-11-12-16-21-27-22-26-20-19-25(4-2)24(26)23-17-14-13-15-18-23/h13-15,17-20H,3-12,16,21-22H2,1-2H3/q+1. The first kappa shape index (κ1) is 22.1. The summed E-state index contributed by atoms with van der Waals surface area (Å²) in [7, 11) is 0. The van der Waals surface area contributed by atoms with Crippen molar-refractivity contribution in [2.24, 2.45) is 0 Å². The fourth-order valence-corrected chi connectivity index (χ4v) is 4.54. The van der Waals surface area contributed by atoms with E-state index in [4.69, 9.17) is 0 Å². The Bertz CT molecular complexity index is 606. The summed E-state index contributed by atoms with van der Waals surface area (Å²) in [6.45, 7) is 5.52. The van der Waals surface area contributed by atoms with Crippen LogP contribution in [-0.4, -0.2) is 10.3 Å². The van der Waals surface area contributed by atoms with Crippen LogP contribution in [0.2, 0.25) is 0 Å². The molecule has 0 saturated carbocycles. The van der Waals surface area contributed by atoms with E-state index >= 15 is 0 Å². The van der Waals surface area contributed by atoms with Gasteiger partial charge in [0.05, 0.1) is 12.1 Å². The van der Waals surface area contributed by atoms with Crippen LogP contribution in [0.4, 0.5) is 0 Å². The van der Waals surface area contributed by atoms with Crippen LogP contribution in [0.25, 0.3) is 11.4 Å². The largest absolute Gasteiger partial charge is 0.289 e. The van der Waals surface area contributed by atoms with Crippen LogP contribution in [0, 0.1) is 0 Å². The molecule has 3 heteroatoms. The topological polar surface area (TPSA) is 8.81 Å². The molecule has 0 bridgehead atoms. The van der Waals surface area contributed by atoms with Crippen LogP contribution in [0.5, 0.6) is 0 Å². The summed E-state index contributed by atoms with van der Waals surface area (Å²) in [5, 5.41) is 0. The van der Waals surface area contributed by atoms with E-state index in [1.165, 1.54) is 81.3 Å². The van der Waals surface area contributed by atoms with Crippen LogP contribution < -0.4 is 4.57 Å². The lowest BCUT2D eigenvalue weighted by molar-refractivity contribution is -0.664. The summed E-state index contributed by atoms with van der Waals surface area (Å²) in [6.07, 6.45) is 18.6. The normalized spacial score (nSPS) is 11.2. The van der Waals surface area contributed by atoms with E-state index in [9.17, 15) is 0 Å². The minimum Gasteiger partial charge on any atom is -0.230 e. The number of hydrogen-bond acceptors (Lipinski definition) is 1. The molecule has 1 aromatic carbocycles. The van der Waals surface area contributed by atoms with Gasteiger partial charge in [0.15, 0.2) is 0 Å². The molecule has 150 valence electrons. The molecule has 0 aliphatic rings. The molecule has 2 rings (SSSR count). The smallest absolute Gasteiger partial charge is 0.230 e. The summed E-state index contributed by atoms with van der Waals surface area (Å²) < 4.78 is 4.75. The molecule has 0 aliphatic heterocycles. The number of benzene rings is 1. The third-order valence-corrected chi connectivity index (χ3v) is 6.25. The van der Waals surface area contributed by atoms with E-state index < -0.39 is 0 Å². The highest BCUT2D eigenvalue weighted by Crippen LogP contribution is 2.17. The Morgan fingerprint density at radius 3 is 2.07 bits per heavy atom. The average molecular weight is 388 g/mol. The van der Waals surface area contributed by atoms with E-state index in [2.05, 4.69) is 77.5 Å². The molecular formula is C24H39N2S+. The summed E-state index contributed by atoms with van der Waals surface area (Å²) in [4.78, 5) is 0. The van der Waals surface area contributed by atoms with Gasteiger partial charge in [-0.05, 0) is 31.2 Å². The fourth-order valence-electron chi connectivity index (χ4n) is 3.60. The van der Waals surface area contributed by atoms with E-state index in [1.807, 2.05) is 0 Å². The van der Waals surface area contributed by atoms with E-state index in [-0.39, 0.29) is 0 Å². The Morgan fingerprint density at radius 1 is 0.815 bits per heavy atom. The molecule has 1 aromatic heterocycles. The second-order valence-corrected chi connectivity index (χ2v) is 8.54. The van der Waals surface area contributed by atoms with E-state index in [0.717, 1.165) is 12.4 Å². The quantitative estimate of drug-likeness (QED) is 0.234. The van der Waals surface area contributed by atoms with E-state index in [0.29, 0.717) is 0 Å². The maximum Gasteiger partial charge on any atom is 0.289 e. The Labute approximate surface area is 171 Å². The van der Waals surface area contributed by atoms with Crippen molar-refractivity contribution in [3.63, 3.8) is 0 Å². The van der Waals surface area contributed by atoms with Gasteiger partial charge in [-0.1, -0.05) is 82.9 Å². The number of hydrogen-bond donors (Lipinski definition) is 0.